The Morgan fingerprint density at radius 3 is 2.25 bits per heavy atom. The maximum Gasteiger partial charge on any atom is 0.221 e. The molecule has 5 nitrogen and oxygen atoms in total. The SMILES string of the molecule is CCN(CC)CCOc1nc(C(C)(C)C)nc(N)c1C. The summed E-state index contributed by atoms with van der Waals surface area (Å²) in [6.45, 7) is 15.9. The third kappa shape index (κ3) is 4.34. The van der Waals surface area contributed by atoms with Crippen LogP contribution in [0.15, 0.2) is 0 Å². The molecule has 1 rings (SSSR count). The molecule has 0 aliphatic carbocycles. The van der Waals surface area contributed by atoms with Gasteiger partial charge in [-0.3, -0.25) is 0 Å². The van der Waals surface area contributed by atoms with E-state index in [9.17, 15) is 0 Å². The van der Waals surface area contributed by atoms with Crippen LogP contribution in [0.3, 0.4) is 0 Å². The van der Waals surface area contributed by atoms with Crippen LogP contribution < -0.4 is 10.5 Å². The van der Waals surface area contributed by atoms with Gasteiger partial charge in [0.25, 0.3) is 0 Å². The Bertz CT molecular complexity index is 436. The van der Waals surface area contributed by atoms with Gasteiger partial charge in [-0.05, 0) is 20.0 Å². The summed E-state index contributed by atoms with van der Waals surface area (Å²) >= 11 is 0. The fourth-order valence-electron chi connectivity index (χ4n) is 1.80. The van der Waals surface area contributed by atoms with Crippen LogP contribution >= 0.6 is 0 Å². The van der Waals surface area contributed by atoms with Gasteiger partial charge in [-0.25, -0.2) is 4.98 Å². The van der Waals surface area contributed by atoms with E-state index in [1.165, 1.54) is 0 Å². The Kier molecular flexibility index (Phi) is 5.74. The third-order valence-electron chi connectivity index (χ3n) is 3.35. The van der Waals surface area contributed by atoms with Gasteiger partial charge in [0.2, 0.25) is 5.88 Å². The summed E-state index contributed by atoms with van der Waals surface area (Å²) in [6, 6.07) is 0. The van der Waals surface area contributed by atoms with E-state index in [0.29, 0.717) is 18.3 Å². The highest BCUT2D eigenvalue weighted by Crippen LogP contribution is 2.25. The number of nitrogen functional groups attached to an aromatic ring is 1. The maximum absolute atomic E-state index is 5.96. The van der Waals surface area contributed by atoms with Gasteiger partial charge in [-0.1, -0.05) is 34.6 Å². The minimum Gasteiger partial charge on any atom is -0.476 e. The van der Waals surface area contributed by atoms with Crippen molar-refractivity contribution in [2.24, 2.45) is 0 Å². The lowest BCUT2D eigenvalue weighted by Gasteiger charge is -2.21. The standard InChI is InChI=1S/C15H28N4O/c1-7-19(8-2)9-10-20-13-11(3)12(16)17-14(18-13)15(4,5)6/h7-10H2,1-6H3,(H2,16,17,18). The van der Waals surface area contributed by atoms with Crippen molar-refractivity contribution in [3.63, 3.8) is 0 Å². The smallest absolute Gasteiger partial charge is 0.221 e. The number of aromatic nitrogens is 2. The highest BCUT2D eigenvalue weighted by atomic mass is 16.5. The predicted molar refractivity (Wildman–Crippen MR) is 83.2 cm³/mol. The molecule has 0 saturated heterocycles. The summed E-state index contributed by atoms with van der Waals surface area (Å²) in [5.74, 6) is 1.83. The first kappa shape index (κ1) is 16.7. The van der Waals surface area contributed by atoms with Crippen molar-refractivity contribution >= 4 is 5.82 Å². The summed E-state index contributed by atoms with van der Waals surface area (Å²) < 4.78 is 5.81. The van der Waals surface area contributed by atoms with Crippen LogP contribution in [0.2, 0.25) is 0 Å². The van der Waals surface area contributed by atoms with Crippen molar-refractivity contribution in [3.8, 4) is 5.88 Å². The van der Waals surface area contributed by atoms with Crippen LogP contribution in [0.25, 0.3) is 0 Å². The zero-order valence-corrected chi connectivity index (χ0v) is 13.7. The number of anilines is 1. The molecule has 1 aromatic heterocycles. The number of rotatable bonds is 6. The number of nitrogens with zero attached hydrogens (tertiary/aromatic N) is 3. The van der Waals surface area contributed by atoms with Gasteiger partial charge in [0, 0.05) is 12.0 Å². The van der Waals surface area contributed by atoms with E-state index in [1.807, 2.05) is 6.92 Å². The zero-order chi connectivity index (χ0) is 15.3. The molecule has 0 atom stereocenters. The van der Waals surface area contributed by atoms with Crippen LogP contribution in [-0.2, 0) is 5.41 Å². The van der Waals surface area contributed by atoms with Crippen molar-refractivity contribution in [3.05, 3.63) is 11.4 Å². The van der Waals surface area contributed by atoms with E-state index in [-0.39, 0.29) is 5.41 Å². The first-order valence-electron chi connectivity index (χ1n) is 7.29. The van der Waals surface area contributed by atoms with Crippen molar-refractivity contribution in [1.82, 2.24) is 14.9 Å². The average Bonchev–Trinajstić information content (AvgIpc) is 2.38. The molecule has 20 heavy (non-hydrogen) atoms. The largest absolute Gasteiger partial charge is 0.476 e. The molecule has 0 aliphatic heterocycles. The molecule has 0 aliphatic rings. The van der Waals surface area contributed by atoms with Crippen molar-refractivity contribution in [2.75, 3.05) is 32.0 Å². The van der Waals surface area contributed by atoms with Gasteiger partial charge in [0.1, 0.15) is 18.2 Å². The molecule has 1 heterocycles. The summed E-state index contributed by atoms with van der Waals surface area (Å²) in [7, 11) is 0. The Morgan fingerprint density at radius 2 is 1.75 bits per heavy atom. The van der Waals surface area contributed by atoms with E-state index in [1.54, 1.807) is 0 Å². The van der Waals surface area contributed by atoms with Gasteiger partial charge < -0.3 is 15.4 Å². The topological polar surface area (TPSA) is 64.3 Å². The number of ether oxygens (including phenoxy) is 1. The Hall–Kier alpha value is -1.36. The second-order valence-corrected chi connectivity index (χ2v) is 5.99. The molecule has 114 valence electrons. The second-order valence-electron chi connectivity index (χ2n) is 5.99. The molecule has 0 aromatic carbocycles. The lowest BCUT2D eigenvalue weighted by atomic mass is 9.95. The second kappa shape index (κ2) is 6.88. The Balaban J connectivity index is 2.81. The lowest BCUT2D eigenvalue weighted by Crippen LogP contribution is -2.28. The molecule has 2 N–H and O–H groups in total. The number of nitrogens with two attached hydrogens (primary N) is 1. The molecule has 0 radical (unpaired) electrons. The quantitative estimate of drug-likeness (QED) is 0.866. The number of likely N-dealkylation sites (N-methyl/N-ethyl adjacent to an activating group) is 1. The zero-order valence-electron chi connectivity index (χ0n) is 13.7. The molecule has 5 heteroatoms. The van der Waals surface area contributed by atoms with Crippen LogP contribution in [0.5, 0.6) is 5.88 Å². The summed E-state index contributed by atoms with van der Waals surface area (Å²) in [6.07, 6.45) is 0. The van der Waals surface area contributed by atoms with E-state index in [0.717, 1.165) is 31.0 Å². The Labute approximate surface area is 122 Å². The first-order valence-corrected chi connectivity index (χ1v) is 7.29. The molecule has 0 fully saturated rings. The minimum absolute atomic E-state index is 0.140. The fraction of sp³-hybridized carbons (Fsp3) is 0.733. The summed E-state index contributed by atoms with van der Waals surface area (Å²) in [4.78, 5) is 11.2. The van der Waals surface area contributed by atoms with Crippen LogP contribution in [0.1, 0.15) is 46.0 Å². The third-order valence-corrected chi connectivity index (χ3v) is 3.35. The van der Waals surface area contributed by atoms with Gasteiger partial charge in [-0.2, -0.15) is 4.98 Å². The monoisotopic (exact) mass is 280 g/mol. The molecule has 0 amide bonds. The van der Waals surface area contributed by atoms with Crippen molar-refractivity contribution in [1.29, 1.82) is 0 Å². The molecule has 0 bridgehead atoms. The predicted octanol–water partition coefficient (Wildman–Crippen LogP) is 2.39. The number of hydrogen-bond acceptors (Lipinski definition) is 5. The molecule has 1 aromatic rings. The average molecular weight is 280 g/mol. The molecule has 0 unspecified atom stereocenters. The normalized spacial score (nSPS) is 11.9. The van der Waals surface area contributed by atoms with E-state index in [4.69, 9.17) is 10.5 Å². The molecule has 0 spiro atoms. The fourth-order valence-corrected chi connectivity index (χ4v) is 1.80. The van der Waals surface area contributed by atoms with Crippen molar-refractivity contribution < 1.29 is 4.74 Å². The highest BCUT2D eigenvalue weighted by molar-refractivity contribution is 5.45. The summed E-state index contributed by atoms with van der Waals surface area (Å²) in [5.41, 5.74) is 6.64. The highest BCUT2D eigenvalue weighted by Gasteiger charge is 2.21. The number of hydrogen-bond donors (Lipinski definition) is 1. The first-order chi connectivity index (χ1) is 9.29. The van der Waals surface area contributed by atoms with Gasteiger partial charge in [0.05, 0.1) is 5.56 Å². The van der Waals surface area contributed by atoms with Gasteiger partial charge in [0.15, 0.2) is 0 Å². The van der Waals surface area contributed by atoms with Gasteiger partial charge >= 0.3 is 0 Å². The minimum atomic E-state index is -0.140. The van der Waals surface area contributed by atoms with E-state index < -0.39 is 0 Å². The molecular formula is C15H28N4O. The van der Waals surface area contributed by atoms with Crippen LogP contribution in [0, 0.1) is 6.92 Å². The van der Waals surface area contributed by atoms with Crippen LogP contribution in [-0.4, -0.2) is 41.1 Å². The van der Waals surface area contributed by atoms with Crippen LogP contribution in [0.4, 0.5) is 5.82 Å². The van der Waals surface area contributed by atoms with E-state index in [2.05, 4.69) is 49.5 Å². The maximum atomic E-state index is 5.96. The summed E-state index contributed by atoms with van der Waals surface area (Å²) in [5, 5.41) is 0. The van der Waals surface area contributed by atoms with Gasteiger partial charge in [-0.15, -0.1) is 0 Å². The molecule has 0 saturated carbocycles. The Morgan fingerprint density at radius 1 is 1.15 bits per heavy atom. The van der Waals surface area contributed by atoms with Crippen molar-refractivity contribution in [2.45, 2.75) is 47.0 Å². The molecular weight excluding hydrogens is 252 g/mol. The van der Waals surface area contributed by atoms with E-state index >= 15 is 0 Å². The lowest BCUT2D eigenvalue weighted by molar-refractivity contribution is 0.216.